The van der Waals surface area contributed by atoms with Crippen molar-refractivity contribution in [3.8, 4) is 33.6 Å². The van der Waals surface area contributed by atoms with Crippen LogP contribution in [-0.4, -0.2) is 9.97 Å². The van der Waals surface area contributed by atoms with Crippen LogP contribution < -0.4 is 4.90 Å². The average molecular weight is 666 g/mol. The minimum absolute atomic E-state index is 0.849. The van der Waals surface area contributed by atoms with Crippen LogP contribution in [0.2, 0.25) is 0 Å². The van der Waals surface area contributed by atoms with E-state index in [-0.39, 0.29) is 0 Å². The lowest BCUT2D eigenvalue weighted by atomic mass is 9.96. The Hall–Kier alpha value is -7.04. The van der Waals surface area contributed by atoms with E-state index in [1.54, 1.807) is 0 Å². The summed E-state index contributed by atoms with van der Waals surface area (Å²) < 4.78 is 6.58. The molecule has 0 saturated heterocycles. The Kier molecular flexibility index (Phi) is 7.10. The van der Waals surface area contributed by atoms with Crippen LogP contribution >= 0.6 is 0 Å². The lowest BCUT2D eigenvalue weighted by Gasteiger charge is -2.25. The predicted octanol–water partition coefficient (Wildman–Crippen LogP) is 13.2. The summed E-state index contributed by atoms with van der Waals surface area (Å²) >= 11 is 0. The van der Waals surface area contributed by atoms with E-state index >= 15 is 0 Å². The van der Waals surface area contributed by atoms with Gasteiger partial charge in [0, 0.05) is 50.4 Å². The van der Waals surface area contributed by atoms with Gasteiger partial charge in [-0.25, -0.2) is 9.97 Å². The van der Waals surface area contributed by atoms with Crippen LogP contribution in [0, 0.1) is 0 Å². The largest absolute Gasteiger partial charge is 0.456 e. The van der Waals surface area contributed by atoms with Crippen molar-refractivity contribution in [2.24, 2.45) is 0 Å². The molecule has 0 spiro atoms. The maximum atomic E-state index is 6.58. The highest BCUT2D eigenvalue weighted by Crippen LogP contribution is 2.42. The van der Waals surface area contributed by atoms with Crippen molar-refractivity contribution in [1.29, 1.82) is 0 Å². The van der Waals surface area contributed by atoms with Crippen molar-refractivity contribution in [2.75, 3.05) is 4.90 Å². The molecule has 0 saturated carbocycles. The first kappa shape index (κ1) is 29.8. The zero-order chi connectivity index (χ0) is 34.4. The summed E-state index contributed by atoms with van der Waals surface area (Å²) in [5.74, 6) is 0. The molecule has 0 bridgehead atoms. The highest BCUT2D eigenvalue weighted by Gasteiger charge is 2.19. The van der Waals surface area contributed by atoms with Gasteiger partial charge in [-0.15, -0.1) is 0 Å². The third kappa shape index (κ3) is 5.09. The van der Waals surface area contributed by atoms with Crippen LogP contribution in [0.3, 0.4) is 0 Å². The summed E-state index contributed by atoms with van der Waals surface area (Å²) in [7, 11) is 0. The highest BCUT2D eigenvalue weighted by atomic mass is 16.3. The molecule has 10 rings (SSSR count). The van der Waals surface area contributed by atoms with Gasteiger partial charge in [0.2, 0.25) is 0 Å². The first-order chi connectivity index (χ1) is 25.8. The van der Waals surface area contributed by atoms with Gasteiger partial charge in [-0.05, 0) is 71.1 Å². The molecule has 10 aromatic rings. The Morgan fingerprint density at radius 3 is 1.69 bits per heavy atom. The van der Waals surface area contributed by atoms with Crippen LogP contribution in [0.4, 0.5) is 17.1 Å². The Morgan fingerprint density at radius 1 is 0.404 bits per heavy atom. The average Bonchev–Trinajstić information content (AvgIpc) is 3.60. The molecule has 52 heavy (non-hydrogen) atoms. The fourth-order valence-corrected chi connectivity index (χ4v) is 7.41. The normalized spacial score (nSPS) is 11.5. The van der Waals surface area contributed by atoms with Crippen molar-refractivity contribution in [3.63, 3.8) is 0 Å². The fourth-order valence-electron chi connectivity index (χ4n) is 7.41. The predicted molar refractivity (Wildman–Crippen MR) is 215 cm³/mol. The van der Waals surface area contributed by atoms with Crippen molar-refractivity contribution < 1.29 is 4.42 Å². The van der Waals surface area contributed by atoms with Crippen LogP contribution in [0.15, 0.2) is 192 Å². The third-order valence-corrected chi connectivity index (χ3v) is 9.82. The van der Waals surface area contributed by atoms with Gasteiger partial charge in [0.25, 0.3) is 0 Å². The van der Waals surface area contributed by atoms with Crippen molar-refractivity contribution in [2.45, 2.75) is 0 Å². The van der Waals surface area contributed by atoms with Gasteiger partial charge in [0.15, 0.2) is 0 Å². The first-order valence-corrected chi connectivity index (χ1v) is 17.5. The van der Waals surface area contributed by atoms with E-state index in [9.17, 15) is 0 Å². The molecule has 0 fully saturated rings. The van der Waals surface area contributed by atoms with Crippen LogP contribution in [0.1, 0.15) is 0 Å². The molecule has 244 valence electrons. The molecule has 2 aromatic heterocycles. The minimum atomic E-state index is 0.849. The SMILES string of the molecule is c1ccc(-c2nc3ccc4cc(-c5cccc6oc7cc(N(c8ccccc8)c8ccccc8)ccc7c56)ccc4c3nc2-c2ccccc2)cc1. The van der Waals surface area contributed by atoms with E-state index in [1.807, 2.05) is 36.4 Å². The van der Waals surface area contributed by atoms with Gasteiger partial charge in [0.1, 0.15) is 11.2 Å². The Balaban J connectivity index is 1.10. The highest BCUT2D eigenvalue weighted by molar-refractivity contribution is 6.14. The number of para-hydroxylation sites is 2. The van der Waals surface area contributed by atoms with E-state index in [0.717, 1.165) is 94.4 Å². The van der Waals surface area contributed by atoms with Crippen LogP contribution in [-0.2, 0) is 0 Å². The fraction of sp³-hybridized carbons (Fsp3) is 0. The van der Waals surface area contributed by atoms with Crippen LogP contribution in [0.25, 0.3) is 77.4 Å². The molecule has 4 nitrogen and oxygen atoms in total. The van der Waals surface area contributed by atoms with Gasteiger partial charge in [0.05, 0.1) is 22.4 Å². The lowest BCUT2D eigenvalue weighted by molar-refractivity contribution is 0.669. The monoisotopic (exact) mass is 665 g/mol. The summed E-state index contributed by atoms with van der Waals surface area (Å²) in [4.78, 5) is 12.8. The molecule has 0 N–H and O–H groups in total. The van der Waals surface area contributed by atoms with Crippen molar-refractivity contribution in [3.05, 3.63) is 188 Å². The number of nitrogens with zero attached hydrogens (tertiary/aromatic N) is 3. The summed E-state index contributed by atoms with van der Waals surface area (Å²) in [6.45, 7) is 0. The molecular weight excluding hydrogens is 635 g/mol. The molecule has 0 radical (unpaired) electrons. The van der Waals surface area contributed by atoms with Gasteiger partial charge in [-0.1, -0.05) is 127 Å². The number of hydrogen-bond donors (Lipinski definition) is 0. The summed E-state index contributed by atoms with van der Waals surface area (Å²) in [6.07, 6.45) is 0. The topological polar surface area (TPSA) is 42.2 Å². The van der Waals surface area contributed by atoms with Gasteiger partial charge in [-0.2, -0.15) is 0 Å². The number of hydrogen-bond acceptors (Lipinski definition) is 4. The summed E-state index contributed by atoms with van der Waals surface area (Å²) in [5.41, 5.74) is 12.8. The second kappa shape index (κ2) is 12.4. The first-order valence-electron chi connectivity index (χ1n) is 17.5. The standard InChI is InChI=1S/C48H31N3O/c1-5-14-32(15-6-1)46-47(33-16-7-2-8-17-33)50-48-40-27-24-34(30-35(40)25-29-42(48)49-46)39-22-13-23-43-45(39)41-28-26-38(31-44(41)52-43)51(36-18-9-3-10-19-36)37-20-11-4-12-21-37/h1-31H. The number of fused-ring (bicyclic) bond motifs is 6. The van der Waals surface area contributed by atoms with E-state index < -0.39 is 0 Å². The number of anilines is 3. The molecular formula is C48H31N3O. The number of benzene rings is 8. The van der Waals surface area contributed by atoms with E-state index in [1.165, 1.54) is 0 Å². The maximum Gasteiger partial charge on any atom is 0.137 e. The molecule has 4 heteroatoms. The molecule has 0 aliphatic heterocycles. The molecule has 0 atom stereocenters. The quantitative estimate of drug-likeness (QED) is 0.166. The van der Waals surface area contributed by atoms with Gasteiger partial charge >= 0.3 is 0 Å². The zero-order valence-electron chi connectivity index (χ0n) is 28.1. The Morgan fingerprint density at radius 2 is 1.02 bits per heavy atom. The van der Waals surface area contributed by atoms with Gasteiger partial charge in [-0.3, -0.25) is 0 Å². The second-order valence-electron chi connectivity index (χ2n) is 13.0. The third-order valence-electron chi connectivity index (χ3n) is 9.82. The summed E-state index contributed by atoms with van der Waals surface area (Å²) in [6, 6.07) is 65.3. The maximum absolute atomic E-state index is 6.58. The summed E-state index contributed by atoms with van der Waals surface area (Å²) in [5, 5.41) is 4.37. The molecule has 0 aliphatic rings. The second-order valence-corrected chi connectivity index (χ2v) is 13.0. The molecule has 0 unspecified atom stereocenters. The molecule has 8 aromatic carbocycles. The van der Waals surface area contributed by atoms with E-state index in [4.69, 9.17) is 14.4 Å². The minimum Gasteiger partial charge on any atom is -0.456 e. The van der Waals surface area contributed by atoms with Gasteiger partial charge < -0.3 is 9.32 Å². The zero-order valence-corrected chi connectivity index (χ0v) is 28.1. The Bertz CT molecular complexity index is 2850. The van der Waals surface area contributed by atoms with Crippen LogP contribution in [0.5, 0.6) is 0 Å². The Labute approximate surface area is 300 Å². The number of aromatic nitrogens is 2. The lowest BCUT2D eigenvalue weighted by Crippen LogP contribution is -2.09. The number of furan rings is 1. The van der Waals surface area contributed by atoms with Crippen molar-refractivity contribution >= 4 is 60.8 Å². The molecule has 0 amide bonds. The smallest absolute Gasteiger partial charge is 0.137 e. The van der Waals surface area contributed by atoms with E-state index in [0.29, 0.717) is 0 Å². The number of rotatable bonds is 6. The molecule has 2 heterocycles. The van der Waals surface area contributed by atoms with E-state index in [2.05, 4.69) is 157 Å². The van der Waals surface area contributed by atoms with Crippen molar-refractivity contribution in [1.82, 2.24) is 9.97 Å². The molecule has 0 aliphatic carbocycles.